The maximum atomic E-state index is 13.0. The average Bonchev–Trinajstić information content (AvgIpc) is 3.21. The van der Waals surface area contributed by atoms with Crippen LogP contribution in [0.1, 0.15) is 54.4 Å². The number of hydrogen-bond acceptors (Lipinski definition) is 6. The summed E-state index contributed by atoms with van der Waals surface area (Å²) in [4.78, 5) is 62.5. The van der Waals surface area contributed by atoms with Crippen molar-refractivity contribution in [1.29, 1.82) is 0 Å². The third kappa shape index (κ3) is 8.94. The van der Waals surface area contributed by atoms with E-state index in [0.717, 1.165) is 6.42 Å². The zero-order chi connectivity index (χ0) is 24.4. The summed E-state index contributed by atoms with van der Waals surface area (Å²) in [6, 6.07) is -0.866. The minimum atomic E-state index is -0.615. The second kappa shape index (κ2) is 13.1. The van der Waals surface area contributed by atoms with E-state index in [2.05, 4.69) is 21.3 Å². The Hall–Kier alpha value is -2.49. The number of nitrogens with zero attached hydrogens (tertiary/aromatic N) is 1. The van der Waals surface area contributed by atoms with Crippen molar-refractivity contribution in [2.75, 3.05) is 26.2 Å². The lowest BCUT2D eigenvalue weighted by atomic mass is 10.0. The SMILES string of the molecule is CC(C)NC(C(=O)N1CCC[C@H]1C(=O)NCC(=O)NCC(=O)NCC(=O)C(C)C)C(C)C. The summed E-state index contributed by atoms with van der Waals surface area (Å²) in [6.07, 6.45) is 1.26. The van der Waals surface area contributed by atoms with Crippen LogP contribution in [0.3, 0.4) is 0 Å². The molecular weight excluding hydrogens is 414 g/mol. The first-order valence-electron chi connectivity index (χ1n) is 11.3. The van der Waals surface area contributed by atoms with Gasteiger partial charge in [0.25, 0.3) is 0 Å². The molecule has 1 aliphatic rings. The molecule has 4 N–H and O–H groups in total. The summed E-state index contributed by atoms with van der Waals surface area (Å²) in [6.45, 7) is 11.2. The van der Waals surface area contributed by atoms with Crippen molar-refractivity contribution in [3.63, 3.8) is 0 Å². The standard InChI is InChI=1S/C22H39N5O5/c1-13(2)17(28)10-23-18(29)11-24-19(30)12-25-21(31)16-8-7-9-27(16)22(32)20(14(3)4)26-15(5)6/h13-16,20,26H,7-12H2,1-6H3,(H,23,29)(H,24,30)(H,25,31)/t16-,20?/m0/s1. The van der Waals surface area contributed by atoms with Gasteiger partial charge in [-0.25, -0.2) is 0 Å². The van der Waals surface area contributed by atoms with Crippen molar-refractivity contribution in [2.24, 2.45) is 11.8 Å². The third-order valence-electron chi connectivity index (χ3n) is 5.26. The fourth-order valence-corrected chi connectivity index (χ4v) is 3.37. The van der Waals surface area contributed by atoms with Crippen LogP contribution >= 0.6 is 0 Å². The fraction of sp³-hybridized carbons (Fsp3) is 0.773. The van der Waals surface area contributed by atoms with Gasteiger partial charge in [-0.05, 0) is 18.8 Å². The Kier molecular flexibility index (Phi) is 11.3. The van der Waals surface area contributed by atoms with Crippen LogP contribution in [0.5, 0.6) is 0 Å². The maximum Gasteiger partial charge on any atom is 0.243 e. The van der Waals surface area contributed by atoms with Crippen molar-refractivity contribution in [2.45, 2.75) is 72.5 Å². The van der Waals surface area contributed by atoms with Gasteiger partial charge in [0.15, 0.2) is 5.78 Å². The van der Waals surface area contributed by atoms with Crippen LogP contribution in [-0.2, 0) is 24.0 Å². The molecule has 0 aromatic rings. The number of Topliss-reactive ketones (excluding diaryl/α,β-unsaturated/α-hetero) is 1. The van der Waals surface area contributed by atoms with Crippen LogP contribution in [0, 0.1) is 11.8 Å². The molecule has 0 saturated carbocycles. The van der Waals surface area contributed by atoms with Gasteiger partial charge in [0, 0.05) is 18.5 Å². The van der Waals surface area contributed by atoms with E-state index in [4.69, 9.17) is 0 Å². The molecule has 0 aliphatic carbocycles. The van der Waals surface area contributed by atoms with E-state index in [1.165, 1.54) is 0 Å². The Balaban J connectivity index is 2.50. The van der Waals surface area contributed by atoms with Crippen molar-refractivity contribution in [3.8, 4) is 0 Å². The van der Waals surface area contributed by atoms with E-state index >= 15 is 0 Å². The predicted molar refractivity (Wildman–Crippen MR) is 121 cm³/mol. The van der Waals surface area contributed by atoms with Crippen LogP contribution < -0.4 is 21.3 Å². The third-order valence-corrected chi connectivity index (χ3v) is 5.26. The first-order chi connectivity index (χ1) is 14.9. The molecule has 1 fully saturated rings. The molecule has 0 radical (unpaired) electrons. The monoisotopic (exact) mass is 453 g/mol. The van der Waals surface area contributed by atoms with Gasteiger partial charge in [0.1, 0.15) is 6.04 Å². The number of rotatable bonds is 12. The van der Waals surface area contributed by atoms with Gasteiger partial charge in [-0.15, -0.1) is 0 Å². The van der Waals surface area contributed by atoms with E-state index < -0.39 is 17.9 Å². The Bertz CT molecular complexity index is 692. The number of nitrogens with one attached hydrogen (secondary N) is 4. The zero-order valence-corrected chi connectivity index (χ0v) is 20.1. The Morgan fingerprint density at radius 2 is 1.41 bits per heavy atom. The maximum absolute atomic E-state index is 13.0. The molecule has 182 valence electrons. The Morgan fingerprint density at radius 3 is 1.94 bits per heavy atom. The second-order valence-electron chi connectivity index (χ2n) is 9.12. The smallest absolute Gasteiger partial charge is 0.243 e. The van der Waals surface area contributed by atoms with Gasteiger partial charge >= 0.3 is 0 Å². The molecule has 0 aromatic carbocycles. The van der Waals surface area contributed by atoms with Gasteiger partial charge in [-0.3, -0.25) is 24.0 Å². The number of ketones is 1. The summed E-state index contributed by atoms with van der Waals surface area (Å²) >= 11 is 0. The molecule has 1 aliphatic heterocycles. The number of hydrogen-bond donors (Lipinski definition) is 4. The number of likely N-dealkylation sites (tertiary alicyclic amines) is 1. The lowest BCUT2D eigenvalue weighted by molar-refractivity contribution is -0.141. The topological polar surface area (TPSA) is 137 Å². The highest BCUT2D eigenvalue weighted by atomic mass is 16.2. The first kappa shape index (κ1) is 27.5. The minimum absolute atomic E-state index is 0.0713. The predicted octanol–water partition coefficient (Wildman–Crippen LogP) is -0.426. The van der Waals surface area contributed by atoms with Crippen molar-refractivity contribution in [1.82, 2.24) is 26.2 Å². The number of carbonyl (C=O) groups excluding carboxylic acids is 5. The summed E-state index contributed by atoms with van der Waals surface area (Å²) in [5.41, 5.74) is 0. The molecule has 4 amide bonds. The van der Waals surface area contributed by atoms with Crippen molar-refractivity contribution in [3.05, 3.63) is 0 Å². The number of amides is 4. The molecule has 0 bridgehead atoms. The lowest BCUT2D eigenvalue weighted by Gasteiger charge is -2.31. The fourth-order valence-electron chi connectivity index (χ4n) is 3.37. The van der Waals surface area contributed by atoms with Crippen LogP contribution in [0.25, 0.3) is 0 Å². The quantitative estimate of drug-likeness (QED) is 0.317. The van der Waals surface area contributed by atoms with E-state index in [-0.39, 0.29) is 61.2 Å². The van der Waals surface area contributed by atoms with Crippen molar-refractivity contribution >= 4 is 29.4 Å². The van der Waals surface area contributed by atoms with Gasteiger partial charge in [-0.1, -0.05) is 41.5 Å². The van der Waals surface area contributed by atoms with Crippen LogP contribution in [0.4, 0.5) is 0 Å². The molecule has 0 spiro atoms. The lowest BCUT2D eigenvalue weighted by Crippen LogP contribution is -2.55. The highest BCUT2D eigenvalue weighted by Crippen LogP contribution is 2.20. The molecule has 0 aromatic heterocycles. The van der Waals surface area contributed by atoms with Gasteiger partial charge in [0.05, 0.1) is 25.7 Å². The normalized spacial score (nSPS) is 16.9. The Labute approximate surface area is 190 Å². The second-order valence-corrected chi connectivity index (χ2v) is 9.12. The molecule has 2 atom stereocenters. The number of carbonyl (C=O) groups is 5. The summed E-state index contributed by atoms with van der Waals surface area (Å²) in [5.74, 6) is -1.71. The highest BCUT2D eigenvalue weighted by Gasteiger charge is 2.38. The van der Waals surface area contributed by atoms with Crippen molar-refractivity contribution < 1.29 is 24.0 Å². The van der Waals surface area contributed by atoms with Gasteiger partial charge in [0.2, 0.25) is 23.6 Å². The van der Waals surface area contributed by atoms with Crippen LogP contribution in [0.15, 0.2) is 0 Å². The van der Waals surface area contributed by atoms with Gasteiger partial charge in [-0.2, -0.15) is 0 Å². The van der Waals surface area contributed by atoms with E-state index in [1.807, 2.05) is 27.7 Å². The van der Waals surface area contributed by atoms with Crippen LogP contribution in [0.2, 0.25) is 0 Å². The average molecular weight is 454 g/mol. The first-order valence-corrected chi connectivity index (χ1v) is 11.3. The minimum Gasteiger partial charge on any atom is -0.347 e. The molecule has 1 heterocycles. The Morgan fingerprint density at radius 1 is 0.844 bits per heavy atom. The van der Waals surface area contributed by atoms with Gasteiger partial charge < -0.3 is 26.2 Å². The van der Waals surface area contributed by atoms with E-state index in [9.17, 15) is 24.0 Å². The van der Waals surface area contributed by atoms with Crippen LogP contribution in [-0.4, -0.2) is 78.6 Å². The highest BCUT2D eigenvalue weighted by molar-refractivity contribution is 5.93. The molecule has 32 heavy (non-hydrogen) atoms. The molecule has 10 nitrogen and oxygen atoms in total. The molecule has 10 heteroatoms. The molecular formula is C22H39N5O5. The molecule has 1 rings (SSSR count). The van der Waals surface area contributed by atoms with E-state index in [0.29, 0.717) is 13.0 Å². The molecule has 1 unspecified atom stereocenters. The summed E-state index contributed by atoms with van der Waals surface area (Å²) in [5, 5.41) is 10.7. The molecule has 1 saturated heterocycles. The largest absolute Gasteiger partial charge is 0.347 e. The zero-order valence-electron chi connectivity index (χ0n) is 20.1. The van der Waals surface area contributed by atoms with E-state index in [1.54, 1.807) is 18.7 Å². The summed E-state index contributed by atoms with van der Waals surface area (Å²) in [7, 11) is 0. The summed E-state index contributed by atoms with van der Waals surface area (Å²) < 4.78 is 0.